The minimum Gasteiger partial charge on any atom is -0.445 e. The largest absolute Gasteiger partial charge is 0.445 e. The van der Waals surface area contributed by atoms with Crippen LogP contribution in [-0.4, -0.2) is 35.3 Å². The highest BCUT2D eigenvalue weighted by Crippen LogP contribution is 2.46. The molecule has 1 saturated carbocycles. The smallest absolute Gasteiger partial charge is 0.410 e. The Morgan fingerprint density at radius 1 is 1.23 bits per heavy atom. The van der Waals surface area contributed by atoms with Gasteiger partial charge in [0.1, 0.15) is 6.61 Å². The standard InChI is InChI=1S/C18H25NO3/c20-12-16-11-18(9-5-2-6-10-18)14-19(16)17(21)22-13-15-7-3-1-4-8-15/h1,3-4,7-8,16,20H,2,5-6,9-14H2. The van der Waals surface area contributed by atoms with Gasteiger partial charge in [-0.1, -0.05) is 49.6 Å². The number of rotatable bonds is 3. The topological polar surface area (TPSA) is 49.8 Å². The summed E-state index contributed by atoms with van der Waals surface area (Å²) in [6, 6.07) is 9.63. The normalized spacial score (nSPS) is 23.7. The molecule has 1 aliphatic carbocycles. The monoisotopic (exact) mass is 303 g/mol. The van der Waals surface area contributed by atoms with Crippen LogP contribution in [-0.2, 0) is 11.3 Å². The number of hydrogen-bond donors (Lipinski definition) is 1. The average molecular weight is 303 g/mol. The molecule has 4 nitrogen and oxygen atoms in total. The second-order valence-electron chi connectivity index (χ2n) is 6.77. The predicted octanol–water partition coefficient (Wildman–Crippen LogP) is 3.34. The molecular weight excluding hydrogens is 278 g/mol. The maximum absolute atomic E-state index is 12.4. The van der Waals surface area contributed by atoms with Crippen molar-refractivity contribution in [2.45, 2.75) is 51.2 Å². The summed E-state index contributed by atoms with van der Waals surface area (Å²) < 4.78 is 5.45. The van der Waals surface area contributed by atoms with Crippen molar-refractivity contribution in [2.75, 3.05) is 13.2 Å². The van der Waals surface area contributed by atoms with E-state index in [0.717, 1.165) is 18.5 Å². The number of carbonyl (C=O) groups is 1. The first-order valence-electron chi connectivity index (χ1n) is 8.31. The van der Waals surface area contributed by atoms with E-state index in [1.165, 1.54) is 32.1 Å². The van der Waals surface area contributed by atoms with Crippen LogP contribution in [0.15, 0.2) is 30.3 Å². The summed E-state index contributed by atoms with van der Waals surface area (Å²) >= 11 is 0. The highest BCUT2D eigenvalue weighted by molar-refractivity contribution is 5.68. The van der Waals surface area contributed by atoms with Gasteiger partial charge in [0.25, 0.3) is 0 Å². The highest BCUT2D eigenvalue weighted by atomic mass is 16.6. The summed E-state index contributed by atoms with van der Waals surface area (Å²) in [4.78, 5) is 14.2. The molecule has 1 heterocycles. The van der Waals surface area contributed by atoms with E-state index in [2.05, 4.69) is 0 Å². The summed E-state index contributed by atoms with van der Waals surface area (Å²) in [5.74, 6) is 0. The van der Waals surface area contributed by atoms with Crippen molar-refractivity contribution < 1.29 is 14.6 Å². The molecule has 1 N–H and O–H groups in total. The number of likely N-dealkylation sites (tertiary alicyclic amines) is 1. The molecule has 2 fully saturated rings. The van der Waals surface area contributed by atoms with E-state index in [-0.39, 0.29) is 24.2 Å². The summed E-state index contributed by atoms with van der Waals surface area (Å²) in [5.41, 5.74) is 1.21. The SMILES string of the molecule is O=C(OCc1ccccc1)N1CC2(CCCCC2)CC1CO. The fraction of sp³-hybridized carbons (Fsp3) is 0.611. The van der Waals surface area contributed by atoms with Crippen molar-refractivity contribution in [1.29, 1.82) is 0 Å². The number of aliphatic hydroxyl groups excluding tert-OH is 1. The van der Waals surface area contributed by atoms with Crippen molar-refractivity contribution >= 4 is 6.09 Å². The van der Waals surface area contributed by atoms with Crippen LogP contribution in [0.25, 0.3) is 0 Å². The van der Waals surface area contributed by atoms with E-state index in [1.807, 2.05) is 30.3 Å². The van der Waals surface area contributed by atoms with Crippen molar-refractivity contribution in [1.82, 2.24) is 4.90 Å². The first-order valence-corrected chi connectivity index (χ1v) is 8.31. The molecule has 1 aromatic carbocycles. The summed E-state index contributed by atoms with van der Waals surface area (Å²) in [5, 5.41) is 9.64. The van der Waals surface area contributed by atoms with Crippen LogP contribution in [0.4, 0.5) is 4.79 Å². The van der Waals surface area contributed by atoms with Gasteiger partial charge >= 0.3 is 6.09 Å². The second-order valence-corrected chi connectivity index (χ2v) is 6.77. The Morgan fingerprint density at radius 3 is 2.64 bits per heavy atom. The molecule has 0 aromatic heterocycles. The lowest BCUT2D eigenvalue weighted by molar-refractivity contribution is 0.0767. The zero-order chi connectivity index (χ0) is 15.4. The third-order valence-electron chi connectivity index (χ3n) is 5.18. The fourth-order valence-electron chi connectivity index (χ4n) is 4.01. The van der Waals surface area contributed by atoms with E-state index in [0.29, 0.717) is 6.61 Å². The Morgan fingerprint density at radius 2 is 1.95 bits per heavy atom. The van der Waals surface area contributed by atoms with E-state index in [4.69, 9.17) is 4.74 Å². The number of aliphatic hydroxyl groups is 1. The van der Waals surface area contributed by atoms with Gasteiger partial charge in [0.15, 0.2) is 0 Å². The number of carbonyl (C=O) groups excluding carboxylic acids is 1. The lowest BCUT2D eigenvalue weighted by Crippen LogP contribution is -2.38. The first kappa shape index (κ1) is 15.3. The highest BCUT2D eigenvalue weighted by Gasteiger charge is 2.46. The molecule has 2 aliphatic rings. The van der Waals surface area contributed by atoms with Gasteiger partial charge < -0.3 is 14.7 Å². The molecule has 1 unspecified atom stereocenters. The molecule has 0 bridgehead atoms. The van der Waals surface area contributed by atoms with Crippen LogP contribution >= 0.6 is 0 Å². The van der Waals surface area contributed by atoms with Gasteiger partial charge in [-0.05, 0) is 30.2 Å². The molecule has 0 radical (unpaired) electrons. The van der Waals surface area contributed by atoms with Crippen LogP contribution < -0.4 is 0 Å². The van der Waals surface area contributed by atoms with Crippen molar-refractivity contribution in [3.63, 3.8) is 0 Å². The maximum Gasteiger partial charge on any atom is 0.410 e. The number of nitrogens with zero attached hydrogens (tertiary/aromatic N) is 1. The lowest BCUT2D eigenvalue weighted by atomic mass is 9.73. The van der Waals surface area contributed by atoms with Gasteiger partial charge in [-0.2, -0.15) is 0 Å². The number of hydrogen-bond acceptors (Lipinski definition) is 3. The molecule has 1 atom stereocenters. The Labute approximate surface area is 132 Å². The molecule has 22 heavy (non-hydrogen) atoms. The number of amides is 1. The molecule has 1 spiro atoms. The average Bonchev–Trinajstić information content (AvgIpc) is 2.92. The molecule has 1 aliphatic heterocycles. The van der Waals surface area contributed by atoms with Crippen LogP contribution in [0.1, 0.15) is 44.1 Å². The first-order chi connectivity index (χ1) is 10.7. The molecule has 1 aromatic rings. The molecule has 4 heteroatoms. The minimum atomic E-state index is -0.287. The zero-order valence-corrected chi connectivity index (χ0v) is 13.0. The predicted molar refractivity (Wildman–Crippen MR) is 84.3 cm³/mol. The third-order valence-corrected chi connectivity index (χ3v) is 5.18. The van der Waals surface area contributed by atoms with Gasteiger partial charge in [0.05, 0.1) is 12.6 Å². The van der Waals surface area contributed by atoms with Crippen LogP contribution in [0, 0.1) is 5.41 Å². The second kappa shape index (κ2) is 6.69. The van der Waals surface area contributed by atoms with E-state index in [9.17, 15) is 9.90 Å². The maximum atomic E-state index is 12.4. The molecule has 120 valence electrons. The van der Waals surface area contributed by atoms with E-state index < -0.39 is 0 Å². The number of benzene rings is 1. The number of ether oxygens (including phenoxy) is 1. The molecule has 3 rings (SSSR count). The van der Waals surface area contributed by atoms with Gasteiger partial charge in [-0.3, -0.25) is 0 Å². The van der Waals surface area contributed by atoms with Gasteiger partial charge in [0, 0.05) is 6.54 Å². The summed E-state index contributed by atoms with van der Waals surface area (Å²) in [6.07, 6.45) is 6.76. The molecule has 1 amide bonds. The van der Waals surface area contributed by atoms with Crippen LogP contribution in [0.5, 0.6) is 0 Å². The van der Waals surface area contributed by atoms with Crippen molar-refractivity contribution in [2.24, 2.45) is 5.41 Å². The van der Waals surface area contributed by atoms with Crippen LogP contribution in [0.2, 0.25) is 0 Å². The Kier molecular flexibility index (Phi) is 4.67. The van der Waals surface area contributed by atoms with Crippen molar-refractivity contribution in [3.8, 4) is 0 Å². The summed E-state index contributed by atoms with van der Waals surface area (Å²) in [6.45, 7) is 1.06. The zero-order valence-electron chi connectivity index (χ0n) is 13.0. The fourth-order valence-corrected chi connectivity index (χ4v) is 4.01. The Balaban J connectivity index is 1.61. The van der Waals surface area contributed by atoms with Crippen molar-refractivity contribution in [3.05, 3.63) is 35.9 Å². The quantitative estimate of drug-likeness (QED) is 0.931. The van der Waals surface area contributed by atoms with E-state index in [1.54, 1.807) is 4.90 Å². The van der Waals surface area contributed by atoms with Gasteiger partial charge in [0.2, 0.25) is 0 Å². The van der Waals surface area contributed by atoms with Gasteiger partial charge in [-0.15, -0.1) is 0 Å². The molecule has 1 saturated heterocycles. The molecular formula is C18H25NO3. The Bertz CT molecular complexity index is 496. The minimum absolute atomic E-state index is 0.0299. The Hall–Kier alpha value is -1.55. The van der Waals surface area contributed by atoms with Crippen LogP contribution in [0.3, 0.4) is 0 Å². The lowest BCUT2D eigenvalue weighted by Gasteiger charge is -2.32. The third kappa shape index (κ3) is 3.27. The van der Waals surface area contributed by atoms with E-state index >= 15 is 0 Å². The summed E-state index contributed by atoms with van der Waals surface area (Å²) in [7, 11) is 0. The van der Waals surface area contributed by atoms with Gasteiger partial charge in [-0.25, -0.2) is 4.79 Å².